The molecule has 3 aromatic rings. The fourth-order valence-electron chi connectivity index (χ4n) is 2.99. The largest absolute Gasteiger partial charge is 0.497 e. The van der Waals surface area contributed by atoms with Crippen LogP contribution in [0.2, 0.25) is 0 Å². The molecule has 7 heteroatoms. The molecule has 0 bridgehead atoms. The molecular weight excluding hydrogens is 376 g/mol. The molecule has 1 heterocycles. The van der Waals surface area contributed by atoms with Crippen LogP contribution in [0.3, 0.4) is 0 Å². The molecule has 148 valence electrons. The fourth-order valence-corrected chi connectivity index (χ4v) is 4.04. The van der Waals surface area contributed by atoms with Crippen LogP contribution >= 0.6 is 11.3 Å². The Morgan fingerprint density at radius 1 is 1.18 bits per heavy atom. The lowest BCUT2D eigenvalue weighted by molar-refractivity contribution is -0.122. The van der Waals surface area contributed by atoms with Gasteiger partial charge in [0, 0.05) is 17.8 Å². The van der Waals surface area contributed by atoms with Crippen LogP contribution in [0, 0.1) is 0 Å². The van der Waals surface area contributed by atoms with E-state index >= 15 is 0 Å². The number of hydrogen-bond donors (Lipinski definition) is 1. The van der Waals surface area contributed by atoms with Crippen molar-refractivity contribution in [1.29, 1.82) is 0 Å². The molecule has 0 fully saturated rings. The fraction of sp³-hybridized carbons (Fsp3) is 0.333. The SMILES string of the molecule is CC[C@H](Oc1cccc(OC)c1)C(=O)Nc1ccc2c(c1)sc(=O)n2C(C)C. The van der Waals surface area contributed by atoms with Crippen molar-refractivity contribution in [2.24, 2.45) is 0 Å². The lowest BCUT2D eigenvalue weighted by atomic mass is 10.2. The van der Waals surface area contributed by atoms with Gasteiger partial charge in [0.25, 0.3) is 5.91 Å². The molecule has 0 radical (unpaired) electrons. The Morgan fingerprint density at radius 3 is 2.61 bits per heavy atom. The number of nitrogens with zero attached hydrogens (tertiary/aromatic N) is 1. The van der Waals surface area contributed by atoms with Gasteiger partial charge in [0.15, 0.2) is 6.10 Å². The van der Waals surface area contributed by atoms with Crippen molar-refractivity contribution in [3.63, 3.8) is 0 Å². The Hall–Kier alpha value is -2.80. The number of anilines is 1. The Bertz CT molecular complexity index is 1040. The van der Waals surface area contributed by atoms with Crippen molar-refractivity contribution >= 4 is 33.1 Å². The minimum Gasteiger partial charge on any atom is -0.497 e. The van der Waals surface area contributed by atoms with Crippen LogP contribution < -0.4 is 19.7 Å². The van der Waals surface area contributed by atoms with Gasteiger partial charge in [0.2, 0.25) is 0 Å². The predicted octanol–water partition coefficient (Wildman–Crippen LogP) is 4.45. The van der Waals surface area contributed by atoms with Gasteiger partial charge in [-0.25, -0.2) is 0 Å². The molecule has 0 aliphatic heterocycles. The second-order valence-electron chi connectivity index (χ2n) is 6.70. The summed E-state index contributed by atoms with van der Waals surface area (Å²) in [5, 5.41) is 2.89. The number of benzene rings is 2. The van der Waals surface area contributed by atoms with E-state index in [9.17, 15) is 9.59 Å². The zero-order valence-corrected chi connectivity index (χ0v) is 17.2. The topological polar surface area (TPSA) is 69.6 Å². The minimum absolute atomic E-state index is 0.00118. The Labute approximate surface area is 167 Å². The van der Waals surface area contributed by atoms with Gasteiger partial charge in [-0.1, -0.05) is 24.3 Å². The summed E-state index contributed by atoms with van der Waals surface area (Å²) >= 11 is 1.18. The quantitative estimate of drug-likeness (QED) is 0.636. The third-order valence-electron chi connectivity index (χ3n) is 4.38. The molecule has 0 saturated heterocycles. The third kappa shape index (κ3) is 4.20. The first kappa shape index (κ1) is 19.9. The van der Waals surface area contributed by atoms with E-state index in [0.717, 1.165) is 10.2 Å². The number of methoxy groups -OCH3 is 1. The molecule has 1 amide bonds. The van der Waals surface area contributed by atoms with Gasteiger partial charge in [-0.05, 0) is 50.6 Å². The zero-order chi connectivity index (χ0) is 20.3. The number of hydrogen-bond acceptors (Lipinski definition) is 5. The van der Waals surface area contributed by atoms with Crippen molar-refractivity contribution in [2.45, 2.75) is 39.3 Å². The first-order valence-corrected chi connectivity index (χ1v) is 10.0. The number of rotatable bonds is 7. The van der Waals surface area contributed by atoms with Crippen molar-refractivity contribution in [1.82, 2.24) is 4.57 Å². The van der Waals surface area contributed by atoms with Gasteiger partial charge in [0.05, 0.1) is 17.3 Å². The lowest BCUT2D eigenvalue weighted by Gasteiger charge is -2.18. The summed E-state index contributed by atoms with van der Waals surface area (Å²) in [5.74, 6) is 1.01. The minimum atomic E-state index is -0.637. The summed E-state index contributed by atoms with van der Waals surface area (Å²) in [4.78, 5) is 24.9. The highest BCUT2D eigenvalue weighted by Crippen LogP contribution is 2.25. The number of fused-ring (bicyclic) bond motifs is 1. The maximum absolute atomic E-state index is 12.7. The van der Waals surface area contributed by atoms with Crippen LogP contribution in [-0.4, -0.2) is 23.7 Å². The molecule has 0 aliphatic rings. The zero-order valence-electron chi connectivity index (χ0n) is 16.4. The number of amides is 1. The van der Waals surface area contributed by atoms with E-state index in [1.165, 1.54) is 11.3 Å². The van der Waals surface area contributed by atoms with Crippen LogP contribution in [0.1, 0.15) is 33.2 Å². The van der Waals surface area contributed by atoms with E-state index in [4.69, 9.17) is 9.47 Å². The van der Waals surface area contributed by atoms with Gasteiger partial charge in [-0.3, -0.25) is 14.2 Å². The molecule has 6 nitrogen and oxygen atoms in total. The predicted molar refractivity (Wildman–Crippen MR) is 113 cm³/mol. The summed E-state index contributed by atoms with van der Waals surface area (Å²) < 4.78 is 13.6. The summed E-state index contributed by atoms with van der Waals surface area (Å²) in [5.41, 5.74) is 1.52. The number of nitrogens with one attached hydrogen (secondary N) is 1. The molecule has 1 atom stereocenters. The Kier molecular flexibility index (Phi) is 6.04. The number of carbonyl (C=O) groups excluding carboxylic acids is 1. The summed E-state index contributed by atoms with van der Waals surface area (Å²) in [6.07, 6.45) is -0.121. The average molecular weight is 401 g/mol. The molecule has 0 spiro atoms. The number of carbonyl (C=O) groups is 1. The lowest BCUT2D eigenvalue weighted by Crippen LogP contribution is -2.32. The number of thiazole rings is 1. The molecule has 1 N–H and O–H groups in total. The van der Waals surface area contributed by atoms with Gasteiger partial charge in [0.1, 0.15) is 11.5 Å². The maximum atomic E-state index is 12.7. The van der Waals surface area contributed by atoms with E-state index in [-0.39, 0.29) is 16.8 Å². The second kappa shape index (κ2) is 8.48. The Balaban J connectivity index is 1.77. The monoisotopic (exact) mass is 400 g/mol. The molecule has 28 heavy (non-hydrogen) atoms. The van der Waals surface area contributed by atoms with E-state index < -0.39 is 6.10 Å². The first-order valence-electron chi connectivity index (χ1n) is 9.19. The average Bonchev–Trinajstić information content (AvgIpc) is 3.01. The van der Waals surface area contributed by atoms with E-state index in [1.54, 1.807) is 23.8 Å². The van der Waals surface area contributed by atoms with Crippen molar-refractivity contribution in [3.05, 3.63) is 52.1 Å². The van der Waals surface area contributed by atoms with Gasteiger partial charge < -0.3 is 14.8 Å². The van der Waals surface area contributed by atoms with Crippen molar-refractivity contribution in [3.8, 4) is 11.5 Å². The number of ether oxygens (including phenoxy) is 2. The molecular formula is C21H24N2O4S. The highest BCUT2D eigenvalue weighted by Gasteiger charge is 2.19. The van der Waals surface area contributed by atoms with E-state index in [2.05, 4.69) is 5.32 Å². The summed E-state index contributed by atoms with van der Waals surface area (Å²) in [6, 6.07) is 12.8. The third-order valence-corrected chi connectivity index (χ3v) is 5.30. The van der Waals surface area contributed by atoms with E-state index in [1.807, 2.05) is 51.1 Å². The molecule has 0 unspecified atom stereocenters. The van der Waals surface area contributed by atoms with E-state index in [0.29, 0.717) is 23.6 Å². The molecule has 0 aliphatic carbocycles. The molecule has 0 saturated carbocycles. The maximum Gasteiger partial charge on any atom is 0.308 e. The van der Waals surface area contributed by atoms with Gasteiger partial charge >= 0.3 is 4.87 Å². The number of aromatic nitrogens is 1. The van der Waals surface area contributed by atoms with Gasteiger partial charge in [-0.15, -0.1) is 0 Å². The second-order valence-corrected chi connectivity index (χ2v) is 7.69. The standard InChI is InChI=1S/C21H24N2O4S/c1-5-18(27-16-8-6-7-15(12-16)26-4)20(24)22-14-9-10-17-19(11-14)28-21(25)23(17)13(2)3/h6-13,18H,5H2,1-4H3,(H,22,24)/t18-/m0/s1. The highest BCUT2D eigenvalue weighted by atomic mass is 32.1. The van der Waals surface area contributed by atoms with Gasteiger partial charge in [-0.2, -0.15) is 0 Å². The van der Waals surface area contributed by atoms with Crippen LogP contribution in [0.15, 0.2) is 47.3 Å². The van der Waals surface area contributed by atoms with Crippen LogP contribution in [-0.2, 0) is 4.79 Å². The first-order chi connectivity index (χ1) is 13.4. The molecule has 1 aromatic heterocycles. The van der Waals surface area contributed by atoms with Crippen molar-refractivity contribution in [2.75, 3.05) is 12.4 Å². The highest BCUT2D eigenvalue weighted by molar-refractivity contribution is 7.16. The van der Waals surface area contributed by atoms with Crippen LogP contribution in [0.25, 0.3) is 10.2 Å². The van der Waals surface area contributed by atoms with Crippen molar-refractivity contribution < 1.29 is 14.3 Å². The van der Waals surface area contributed by atoms with Crippen LogP contribution in [0.4, 0.5) is 5.69 Å². The summed E-state index contributed by atoms with van der Waals surface area (Å²) in [7, 11) is 1.58. The molecule has 2 aromatic carbocycles. The van der Waals surface area contributed by atoms with Crippen LogP contribution in [0.5, 0.6) is 11.5 Å². The molecule has 3 rings (SSSR count). The smallest absolute Gasteiger partial charge is 0.308 e. The summed E-state index contributed by atoms with van der Waals surface area (Å²) in [6.45, 7) is 5.85. The normalized spacial score (nSPS) is 12.2. The Morgan fingerprint density at radius 2 is 1.93 bits per heavy atom.